The van der Waals surface area contributed by atoms with Crippen molar-refractivity contribution in [1.29, 1.82) is 0 Å². The molecule has 2 amide bonds. The summed E-state index contributed by atoms with van der Waals surface area (Å²) in [5.41, 5.74) is 2.61. The molecular formula is C19H21BrN2O3. The zero-order chi connectivity index (χ0) is 18.4. The van der Waals surface area contributed by atoms with E-state index in [1.165, 1.54) is 0 Å². The van der Waals surface area contributed by atoms with Crippen molar-refractivity contribution in [2.45, 2.75) is 13.3 Å². The molecule has 2 aromatic carbocycles. The van der Waals surface area contributed by atoms with Crippen molar-refractivity contribution in [2.24, 2.45) is 0 Å². The average Bonchev–Trinajstić information content (AvgIpc) is 2.57. The maximum absolute atomic E-state index is 12.0. The standard InChI is InChI=1S/C19H21BrN2O3/c1-13-10-16(8-9-17(13)20)25-12-18(23)21-15-6-4-14(5-7-15)11-19(24)22(2)3/h4-10H,11-12H2,1-3H3,(H,21,23). The van der Waals surface area contributed by atoms with Crippen molar-refractivity contribution in [3.63, 3.8) is 0 Å². The molecule has 0 spiro atoms. The van der Waals surface area contributed by atoms with Gasteiger partial charge < -0.3 is 15.0 Å². The van der Waals surface area contributed by atoms with Gasteiger partial charge in [0.1, 0.15) is 5.75 Å². The second-order valence-electron chi connectivity index (χ2n) is 5.91. The Bertz CT molecular complexity index is 758. The average molecular weight is 405 g/mol. The van der Waals surface area contributed by atoms with E-state index < -0.39 is 0 Å². The lowest BCUT2D eigenvalue weighted by Crippen LogP contribution is -2.23. The molecule has 0 saturated heterocycles. The van der Waals surface area contributed by atoms with Gasteiger partial charge in [-0.15, -0.1) is 0 Å². The quantitative estimate of drug-likeness (QED) is 0.802. The smallest absolute Gasteiger partial charge is 0.262 e. The first kappa shape index (κ1) is 19.0. The van der Waals surface area contributed by atoms with Crippen molar-refractivity contribution >= 4 is 33.4 Å². The molecule has 0 fully saturated rings. The number of likely N-dealkylation sites (N-methyl/N-ethyl adjacent to an activating group) is 1. The van der Waals surface area contributed by atoms with Crippen LogP contribution in [-0.2, 0) is 16.0 Å². The van der Waals surface area contributed by atoms with Gasteiger partial charge >= 0.3 is 0 Å². The molecule has 132 valence electrons. The van der Waals surface area contributed by atoms with Crippen LogP contribution in [0, 0.1) is 6.92 Å². The van der Waals surface area contributed by atoms with E-state index in [1.807, 2.05) is 31.2 Å². The van der Waals surface area contributed by atoms with Crippen LogP contribution in [0.5, 0.6) is 5.75 Å². The van der Waals surface area contributed by atoms with E-state index in [0.717, 1.165) is 15.6 Å². The second kappa shape index (κ2) is 8.67. The third-order valence-electron chi connectivity index (χ3n) is 3.59. The van der Waals surface area contributed by atoms with Gasteiger partial charge in [0.2, 0.25) is 5.91 Å². The van der Waals surface area contributed by atoms with Crippen LogP contribution in [0.2, 0.25) is 0 Å². The monoisotopic (exact) mass is 404 g/mol. The molecule has 0 heterocycles. The van der Waals surface area contributed by atoms with Crippen molar-refractivity contribution in [3.05, 3.63) is 58.1 Å². The number of hydrogen-bond donors (Lipinski definition) is 1. The summed E-state index contributed by atoms with van der Waals surface area (Å²) in [5, 5.41) is 2.77. The van der Waals surface area contributed by atoms with E-state index in [9.17, 15) is 9.59 Å². The highest BCUT2D eigenvalue weighted by molar-refractivity contribution is 9.10. The zero-order valence-corrected chi connectivity index (χ0v) is 16.1. The first-order valence-electron chi connectivity index (χ1n) is 7.83. The topological polar surface area (TPSA) is 58.6 Å². The Morgan fingerprint density at radius 3 is 2.40 bits per heavy atom. The van der Waals surface area contributed by atoms with E-state index in [2.05, 4.69) is 21.2 Å². The van der Waals surface area contributed by atoms with E-state index in [4.69, 9.17) is 4.74 Å². The van der Waals surface area contributed by atoms with Gasteiger partial charge in [-0.3, -0.25) is 9.59 Å². The second-order valence-corrected chi connectivity index (χ2v) is 6.76. The number of benzene rings is 2. The van der Waals surface area contributed by atoms with Gasteiger partial charge in [0.15, 0.2) is 6.61 Å². The van der Waals surface area contributed by atoms with Crippen LogP contribution in [0.1, 0.15) is 11.1 Å². The number of rotatable bonds is 6. The fraction of sp³-hybridized carbons (Fsp3) is 0.263. The van der Waals surface area contributed by atoms with Gasteiger partial charge in [0.25, 0.3) is 5.91 Å². The van der Waals surface area contributed by atoms with Crippen LogP contribution >= 0.6 is 15.9 Å². The minimum atomic E-state index is -0.238. The fourth-order valence-corrected chi connectivity index (χ4v) is 2.34. The van der Waals surface area contributed by atoms with Gasteiger partial charge in [-0.25, -0.2) is 0 Å². The van der Waals surface area contributed by atoms with E-state index in [1.54, 1.807) is 37.2 Å². The maximum Gasteiger partial charge on any atom is 0.262 e. The number of hydrogen-bond acceptors (Lipinski definition) is 3. The number of aryl methyl sites for hydroxylation is 1. The Kier molecular flexibility index (Phi) is 6.58. The number of carbonyl (C=O) groups is 2. The normalized spacial score (nSPS) is 10.2. The van der Waals surface area contributed by atoms with Crippen LogP contribution in [0.4, 0.5) is 5.69 Å². The largest absolute Gasteiger partial charge is 0.484 e. The Morgan fingerprint density at radius 1 is 1.12 bits per heavy atom. The SMILES string of the molecule is Cc1cc(OCC(=O)Nc2ccc(CC(=O)N(C)C)cc2)ccc1Br. The van der Waals surface area contributed by atoms with E-state index in [0.29, 0.717) is 17.9 Å². The molecule has 0 aliphatic heterocycles. The fourth-order valence-electron chi connectivity index (χ4n) is 2.09. The Balaban J connectivity index is 1.85. The molecule has 0 aliphatic rings. The predicted octanol–water partition coefficient (Wildman–Crippen LogP) is 3.41. The number of halogens is 1. The lowest BCUT2D eigenvalue weighted by molar-refractivity contribution is -0.128. The summed E-state index contributed by atoms with van der Waals surface area (Å²) in [6.07, 6.45) is 0.341. The Morgan fingerprint density at radius 2 is 1.80 bits per heavy atom. The number of carbonyl (C=O) groups excluding carboxylic acids is 2. The summed E-state index contributed by atoms with van der Waals surface area (Å²) in [4.78, 5) is 25.2. The number of amides is 2. The van der Waals surface area contributed by atoms with Crippen LogP contribution in [-0.4, -0.2) is 37.4 Å². The molecule has 0 aromatic heterocycles. The molecule has 0 aliphatic carbocycles. The molecule has 0 saturated carbocycles. The molecule has 0 bridgehead atoms. The lowest BCUT2D eigenvalue weighted by atomic mass is 10.1. The van der Waals surface area contributed by atoms with Crippen molar-refractivity contribution in [3.8, 4) is 5.75 Å². The third-order valence-corrected chi connectivity index (χ3v) is 4.48. The zero-order valence-electron chi connectivity index (χ0n) is 14.5. The highest BCUT2D eigenvalue weighted by Crippen LogP contribution is 2.21. The highest BCUT2D eigenvalue weighted by atomic mass is 79.9. The van der Waals surface area contributed by atoms with Crippen LogP contribution in [0.15, 0.2) is 46.9 Å². The van der Waals surface area contributed by atoms with Crippen molar-refractivity contribution in [2.75, 3.05) is 26.0 Å². The van der Waals surface area contributed by atoms with E-state index in [-0.39, 0.29) is 18.4 Å². The van der Waals surface area contributed by atoms with Gasteiger partial charge in [0, 0.05) is 24.3 Å². The molecule has 2 rings (SSSR count). The van der Waals surface area contributed by atoms with Gasteiger partial charge in [-0.05, 0) is 48.4 Å². The Hall–Kier alpha value is -2.34. The van der Waals surface area contributed by atoms with Gasteiger partial charge in [-0.2, -0.15) is 0 Å². The summed E-state index contributed by atoms with van der Waals surface area (Å²) in [6, 6.07) is 12.8. The first-order chi connectivity index (χ1) is 11.8. The van der Waals surface area contributed by atoms with Crippen LogP contribution < -0.4 is 10.1 Å². The minimum absolute atomic E-state index is 0.0370. The molecule has 2 aromatic rings. The summed E-state index contributed by atoms with van der Waals surface area (Å²) < 4.78 is 6.49. The summed E-state index contributed by atoms with van der Waals surface area (Å²) >= 11 is 3.42. The molecule has 5 nitrogen and oxygen atoms in total. The molecule has 6 heteroatoms. The lowest BCUT2D eigenvalue weighted by Gasteiger charge is -2.11. The highest BCUT2D eigenvalue weighted by Gasteiger charge is 2.07. The summed E-state index contributed by atoms with van der Waals surface area (Å²) in [5.74, 6) is 0.445. The molecule has 0 unspecified atom stereocenters. The molecule has 0 atom stereocenters. The summed E-state index contributed by atoms with van der Waals surface area (Å²) in [6.45, 7) is 1.89. The minimum Gasteiger partial charge on any atom is -0.484 e. The number of ether oxygens (including phenoxy) is 1. The van der Waals surface area contributed by atoms with Gasteiger partial charge in [0.05, 0.1) is 6.42 Å². The van der Waals surface area contributed by atoms with E-state index >= 15 is 0 Å². The molecule has 0 radical (unpaired) electrons. The van der Waals surface area contributed by atoms with Gasteiger partial charge in [-0.1, -0.05) is 28.1 Å². The first-order valence-corrected chi connectivity index (χ1v) is 8.62. The molecule has 1 N–H and O–H groups in total. The van der Waals surface area contributed by atoms with Crippen molar-refractivity contribution < 1.29 is 14.3 Å². The maximum atomic E-state index is 12.0. The molecule has 25 heavy (non-hydrogen) atoms. The van der Waals surface area contributed by atoms with Crippen LogP contribution in [0.3, 0.4) is 0 Å². The molecular weight excluding hydrogens is 384 g/mol. The Labute approximate surface area is 156 Å². The summed E-state index contributed by atoms with van der Waals surface area (Å²) in [7, 11) is 3.45. The third kappa shape index (κ3) is 5.90. The number of anilines is 1. The van der Waals surface area contributed by atoms with Crippen LogP contribution in [0.25, 0.3) is 0 Å². The van der Waals surface area contributed by atoms with Crippen molar-refractivity contribution in [1.82, 2.24) is 4.90 Å². The number of nitrogens with zero attached hydrogens (tertiary/aromatic N) is 1. The number of nitrogens with one attached hydrogen (secondary N) is 1. The predicted molar refractivity (Wildman–Crippen MR) is 102 cm³/mol.